The summed E-state index contributed by atoms with van der Waals surface area (Å²) < 4.78 is 0. The normalized spacial score (nSPS) is 17.1. The molecule has 2 aliphatic carbocycles. The number of hydrogen-bond donors (Lipinski definition) is 0. The highest BCUT2D eigenvalue weighted by Gasteiger charge is 2.26. The Hall–Kier alpha value is -1.60. The van der Waals surface area contributed by atoms with Crippen LogP contribution in [0.4, 0.5) is 0 Å². The van der Waals surface area contributed by atoms with E-state index in [0.29, 0.717) is 12.3 Å². The van der Waals surface area contributed by atoms with Gasteiger partial charge in [-0.2, -0.15) is 0 Å². The van der Waals surface area contributed by atoms with Crippen LogP contribution >= 0.6 is 11.6 Å². The fourth-order valence-electron chi connectivity index (χ4n) is 3.33. The summed E-state index contributed by atoms with van der Waals surface area (Å²) in [5.74, 6) is 0.951. The van der Waals surface area contributed by atoms with Crippen molar-refractivity contribution in [2.24, 2.45) is 0 Å². The first-order chi connectivity index (χ1) is 10.1. The number of Topliss-reactive ketones (excluding diaryl/α,β-unsaturated/α-hetero) is 1. The van der Waals surface area contributed by atoms with Crippen LogP contribution in [0.3, 0.4) is 0 Å². The molecule has 0 N–H and O–H groups in total. The molecule has 4 rings (SSSR count). The zero-order valence-corrected chi connectivity index (χ0v) is 12.8. The summed E-state index contributed by atoms with van der Waals surface area (Å²) >= 11 is 6.45. The number of fused-ring (bicyclic) bond motifs is 1. The van der Waals surface area contributed by atoms with Crippen molar-refractivity contribution in [3.63, 3.8) is 0 Å². The Bertz CT molecular complexity index is 756. The highest BCUT2D eigenvalue weighted by atomic mass is 35.5. The molecule has 1 nitrogen and oxygen atoms in total. The van der Waals surface area contributed by atoms with E-state index in [1.54, 1.807) is 0 Å². The number of aryl methyl sites for hydroxylation is 2. The van der Waals surface area contributed by atoms with Crippen molar-refractivity contribution in [3.8, 4) is 11.1 Å². The maximum atomic E-state index is 11.8. The summed E-state index contributed by atoms with van der Waals surface area (Å²) in [5, 5.41) is 0.881. The van der Waals surface area contributed by atoms with E-state index in [1.807, 2.05) is 6.07 Å². The molecule has 0 aromatic heterocycles. The van der Waals surface area contributed by atoms with Gasteiger partial charge in [-0.15, -0.1) is 0 Å². The maximum Gasteiger partial charge on any atom is 0.163 e. The number of ketones is 1. The second-order valence-corrected chi connectivity index (χ2v) is 6.67. The van der Waals surface area contributed by atoms with Crippen LogP contribution in [0.25, 0.3) is 11.1 Å². The third-order valence-corrected chi connectivity index (χ3v) is 5.03. The third kappa shape index (κ3) is 2.20. The molecule has 21 heavy (non-hydrogen) atoms. The first-order valence-corrected chi connectivity index (χ1v) is 7.98. The van der Waals surface area contributed by atoms with E-state index in [-0.39, 0.29) is 5.78 Å². The van der Waals surface area contributed by atoms with Gasteiger partial charge in [0.15, 0.2) is 5.78 Å². The molecule has 0 saturated heterocycles. The minimum absolute atomic E-state index is 0.279. The lowest BCUT2D eigenvalue weighted by Gasteiger charge is -2.11. The summed E-state index contributed by atoms with van der Waals surface area (Å²) in [5.41, 5.74) is 6.89. The standard InChI is InChI=1S/C19H17ClO/c1-11-8-17-13(5-7-19(17)21)9-16(11)14-4-6-15(12-2-3-12)18(20)10-14/h4,6,8-10,12H,2-3,5,7H2,1H3. The summed E-state index contributed by atoms with van der Waals surface area (Å²) in [6.45, 7) is 2.07. The lowest BCUT2D eigenvalue weighted by atomic mass is 9.94. The lowest BCUT2D eigenvalue weighted by Crippen LogP contribution is -1.94. The van der Waals surface area contributed by atoms with Crippen molar-refractivity contribution >= 4 is 17.4 Å². The molecule has 106 valence electrons. The molecule has 0 heterocycles. The Morgan fingerprint density at radius 1 is 1.05 bits per heavy atom. The number of halogens is 1. The Morgan fingerprint density at radius 3 is 2.57 bits per heavy atom. The molecular formula is C19H17ClO. The van der Waals surface area contributed by atoms with Gasteiger partial charge in [0.1, 0.15) is 0 Å². The fourth-order valence-corrected chi connectivity index (χ4v) is 3.67. The van der Waals surface area contributed by atoms with Crippen LogP contribution in [0.15, 0.2) is 30.3 Å². The van der Waals surface area contributed by atoms with Crippen molar-refractivity contribution in [1.82, 2.24) is 0 Å². The van der Waals surface area contributed by atoms with Crippen LogP contribution < -0.4 is 0 Å². The molecule has 2 heteroatoms. The SMILES string of the molecule is Cc1cc2c(cc1-c1ccc(C3CC3)c(Cl)c1)CCC2=O. The van der Waals surface area contributed by atoms with Gasteiger partial charge in [0.05, 0.1) is 0 Å². The molecule has 0 spiro atoms. The van der Waals surface area contributed by atoms with Crippen molar-refractivity contribution in [2.45, 2.75) is 38.5 Å². The van der Waals surface area contributed by atoms with Gasteiger partial charge in [0, 0.05) is 17.0 Å². The van der Waals surface area contributed by atoms with Crippen LogP contribution in [0, 0.1) is 6.92 Å². The Kier molecular flexibility index (Phi) is 2.93. The molecule has 2 aromatic carbocycles. The average molecular weight is 297 g/mol. The van der Waals surface area contributed by atoms with Crippen LogP contribution in [0.5, 0.6) is 0 Å². The number of benzene rings is 2. The van der Waals surface area contributed by atoms with E-state index >= 15 is 0 Å². The molecule has 1 saturated carbocycles. The first kappa shape index (κ1) is 13.1. The summed E-state index contributed by atoms with van der Waals surface area (Å²) in [6.07, 6.45) is 4.05. The minimum Gasteiger partial charge on any atom is -0.294 e. The second kappa shape index (κ2) is 4.71. The van der Waals surface area contributed by atoms with E-state index < -0.39 is 0 Å². The molecule has 0 unspecified atom stereocenters. The highest BCUT2D eigenvalue weighted by Crippen LogP contribution is 2.44. The number of rotatable bonds is 2. The van der Waals surface area contributed by atoms with E-state index in [2.05, 4.69) is 31.2 Å². The van der Waals surface area contributed by atoms with Gasteiger partial charge in [-0.3, -0.25) is 4.79 Å². The average Bonchev–Trinajstić information content (AvgIpc) is 3.24. The Morgan fingerprint density at radius 2 is 1.86 bits per heavy atom. The van der Waals surface area contributed by atoms with Gasteiger partial charge >= 0.3 is 0 Å². The van der Waals surface area contributed by atoms with Gasteiger partial charge < -0.3 is 0 Å². The summed E-state index contributed by atoms with van der Waals surface area (Å²) in [6, 6.07) is 10.7. The molecule has 0 radical (unpaired) electrons. The van der Waals surface area contributed by atoms with Gasteiger partial charge in [-0.25, -0.2) is 0 Å². The van der Waals surface area contributed by atoms with Crippen molar-refractivity contribution in [2.75, 3.05) is 0 Å². The molecule has 0 amide bonds. The predicted octanol–water partition coefficient (Wildman–Crippen LogP) is 5.32. The maximum absolute atomic E-state index is 11.8. The summed E-state index contributed by atoms with van der Waals surface area (Å²) in [4.78, 5) is 11.8. The molecule has 2 aromatic rings. The smallest absolute Gasteiger partial charge is 0.163 e. The molecule has 2 aliphatic rings. The molecular weight excluding hydrogens is 280 g/mol. The Balaban J connectivity index is 1.80. The zero-order chi connectivity index (χ0) is 14.6. The third-order valence-electron chi connectivity index (χ3n) is 4.70. The monoisotopic (exact) mass is 296 g/mol. The van der Waals surface area contributed by atoms with Crippen molar-refractivity contribution in [1.29, 1.82) is 0 Å². The fraction of sp³-hybridized carbons (Fsp3) is 0.316. The number of hydrogen-bond acceptors (Lipinski definition) is 1. The van der Waals surface area contributed by atoms with Gasteiger partial charge in [-0.05, 0) is 72.1 Å². The van der Waals surface area contributed by atoms with E-state index in [1.165, 1.54) is 29.5 Å². The molecule has 1 fully saturated rings. The van der Waals surface area contributed by atoms with E-state index in [4.69, 9.17) is 11.6 Å². The van der Waals surface area contributed by atoms with Crippen molar-refractivity contribution < 1.29 is 4.79 Å². The van der Waals surface area contributed by atoms with Crippen LogP contribution in [0.1, 0.15) is 52.2 Å². The minimum atomic E-state index is 0.279. The van der Waals surface area contributed by atoms with Crippen LogP contribution in [-0.2, 0) is 6.42 Å². The summed E-state index contributed by atoms with van der Waals surface area (Å²) in [7, 11) is 0. The second-order valence-electron chi connectivity index (χ2n) is 6.26. The molecule has 0 aliphatic heterocycles. The molecule has 0 atom stereocenters. The quantitative estimate of drug-likeness (QED) is 0.733. The topological polar surface area (TPSA) is 17.1 Å². The number of carbonyl (C=O) groups excluding carboxylic acids is 1. The van der Waals surface area contributed by atoms with Gasteiger partial charge in [-0.1, -0.05) is 29.8 Å². The largest absolute Gasteiger partial charge is 0.294 e. The lowest BCUT2D eigenvalue weighted by molar-refractivity contribution is 0.0994. The van der Waals surface area contributed by atoms with E-state index in [9.17, 15) is 4.79 Å². The number of carbonyl (C=O) groups is 1. The van der Waals surface area contributed by atoms with Crippen molar-refractivity contribution in [3.05, 3.63) is 57.6 Å². The highest BCUT2D eigenvalue weighted by molar-refractivity contribution is 6.31. The molecule has 0 bridgehead atoms. The zero-order valence-electron chi connectivity index (χ0n) is 12.1. The van der Waals surface area contributed by atoms with Gasteiger partial charge in [0.25, 0.3) is 0 Å². The van der Waals surface area contributed by atoms with Crippen LogP contribution in [-0.4, -0.2) is 5.78 Å². The van der Waals surface area contributed by atoms with E-state index in [0.717, 1.165) is 28.1 Å². The van der Waals surface area contributed by atoms with Gasteiger partial charge in [0.2, 0.25) is 0 Å². The predicted molar refractivity (Wildman–Crippen MR) is 86.3 cm³/mol. The van der Waals surface area contributed by atoms with Crippen LogP contribution in [0.2, 0.25) is 5.02 Å². The first-order valence-electron chi connectivity index (χ1n) is 7.60. The Labute approximate surface area is 129 Å².